The van der Waals surface area contributed by atoms with Crippen molar-refractivity contribution in [3.8, 4) is 11.1 Å². The number of pyridine rings is 1. The van der Waals surface area contributed by atoms with Crippen molar-refractivity contribution in [1.29, 1.82) is 0 Å². The smallest absolute Gasteiger partial charge is 0.335 e. The number of nitrogens with two attached hydrogens (primary N) is 1. The number of rotatable bonds is 7. The molecule has 0 atom stereocenters. The number of fused-ring (bicyclic) bond motifs is 1. The van der Waals surface area contributed by atoms with Crippen LogP contribution in [-0.4, -0.2) is 21.8 Å². The first-order valence-corrected chi connectivity index (χ1v) is 11.0. The summed E-state index contributed by atoms with van der Waals surface area (Å²) in [5.41, 5.74) is 9.88. The Kier molecular flexibility index (Phi) is 6.14. The van der Waals surface area contributed by atoms with Gasteiger partial charge in [-0.05, 0) is 95.6 Å². The Morgan fingerprint density at radius 1 is 1.06 bits per heavy atom. The van der Waals surface area contributed by atoms with E-state index in [9.17, 15) is 9.59 Å². The minimum absolute atomic E-state index is 0.0650. The van der Waals surface area contributed by atoms with Gasteiger partial charge in [0.2, 0.25) is 0 Å². The van der Waals surface area contributed by atoms with Crippen molar-refractivity contribution in [2.45, 2.75) is 19.8 Å². The van der Waals surface area contributed by atoms with Crippen LogP contribution in [0.5, 0.6) is 0 Å². The number of thiophene rings is 1. The maximum Gasteiger partial charge on any atom is 0.335 e. The topological polar surface area (TPSA) is 93.3 Å². The zero-order valence-corrected chi connectivity index (χ0v) is 18.4. The number of benzene rings is 2. The maximum absolute atomic E-state index is 12.3. The Hall–Kier alpha value is -3.77. The van der Waals surface area contributed by atoms with E-state index in [2.05, 4.69) is 30.1 Å². The summed E-state index contributed by atoms with van der Waals surface area (Å²) in [7, 11) is 0. The Morgan fingerprint density at radius 2 is 1.84 bits per heavy atom. The van der Waals surface area contributed by atoms with Gasteiger partial charge in [-0.25, -0.2) is 9.78 Å². The number of aromatic carboxylic acids is 1. The molecule has 0 aliphatic carbocycles. The summed E-state index contributed by atoms with van der Waals surface area (Å²) >= 11 is 1.71. The molecule has 0 radical (unpaired) electrons. The third-order valence-corrected chi connectivity index (χ3v) is 6.55. The highest BCUT2D eigenvalue weighted by molar-refractivity contribution is 7.19. The molecule has 0 amide bonds. The van der Waals surface area contributed by atoms with Crippen molar-refractivity contribution >= 4 is 45.1 Å². The zero-order chi connectivity index (χ0) is 22.7. The second-order valence-electron chi connectivity index (χ2n) is 7.62. The molecule has 160 valence electrons. The molecule has 3 N–H and O–H groups in total. The second-order valence-corrected chi connectivity index (χ2v) is 8.76. The highest BCUT2D eigenvalue weighted by Gasteiger charge is 2.10. The molecule has 4 rings (SSSR count). The van der Waals surface area contributed by atoms with Crippen molar-refractivity contribution in [2.24, 2.45) is 0 Å². The van der Waals surface area contributed by atoms with Crippen LogP contribution in [0, 0.1) is 6.92 Å². The number of allylic oxidation sites excluding steroid dienone is 1. The first kappa shape index (κ1) is 21.5. The first-order valence-electron chi connectivity index (χ1n) is 10.2. The number of carboxylic acid groups (broad SMARTS) is 1. The number of carboxylic acids is 1. The van der Waals surface area contributed by atoms with Gasteiger partial charge in [-0.2, -0.15) is 0 Å². The minimum Gasteiger partial charge on any atom is -0.478 e. The quantitative estimate of drug-likeness (QED) is 0.355. The molecule has 0 aliphatic heterocycles. The highest BCUT2D eigenvalue weighted by Crippen LogP contribution is 2.34. The predicted molar refractivity (Wildman–Crippen MR) is 130 cm³/mol. The zero-order valence-electron chi connectivity index (χ0n) is 17.5. The van der Waals surface area contributed by atoms with Crippen molar-refractivity contribution in [1.82, 2.24) is 4.98 Å². The molecule has 2 heterocycles. The number of ketones is 1. The highest BCUT2D eigenvalue weighted by atomic mass is 32.1. The average Bonchev–Trinajstić information content (AvgIpc) is 3.21. The van der Waals surface area contributed by atoms with E-state index in [4.69, 9.17) is 10.8 Å². The van der Waals surface area contributed by atoms with E-state index >= 15 is 0 Å². The minimum atomic E-state index is -0.930. The normalized spacial score (nSPS) is 11.3. The lowest BCUT2D eigenvalue weighted by Gasteiger charge is -2.05. The molecular formula is C26H22N2O3S. The molecule has 0 aliphatic rings. The molecule has 5 nitrogen and oxygen atoms in total. The van der Waals surface area contributed by atoms with Gasteiger partial charge in [-0.1, -0.05) is 12.1 Å². The average molecular weight is 443 g/mol. The van der Waals surface area contributed by atoms with E-state index in [1.807, 2.05) is 18.2 Å². The van der Waals surface area contributed by atoms with Gasteiger partial charge in [0, 0.05) is 22.2 Å². The fourth-order valence-electron chi connectivity index (χ4n) is 3.51. The third-order valence-electron chi connectivity index (χ3n) is 5.21. The number of nitrogen functional groups attached to an aromatic ring is 1. The fourth-order valence-corrected chi connectivity index (χ4v) is 4.62. The summed E-state index contributed by atoms with van der Waals surface area (Å²) in [6, 6.07) is 16.8. The molecule has 0 spiro atoms. The number of hydrogen-bond donors (Lipinski definition) is 2. The molecule has 0 saturated carbocycles. The summed E-state index contributed by atoms with van der Waals surface area (Å²) in [5, 5.41) is 10.2. The van der Waals surface area contributed by atoms with Crippen molar-refractivity contribution in [3.05, 3.63) is 88.4 Å². The lowest BCUT2D eigenvalue weighted by Crippen LogP contribution is -1.95. The van der Waals surface area contributed by atoms with Crippen LogP contribution in [0.4, 0.5) is 5.82 Å². The fraction of sp³-hybridized carbons (Fsp3) is 0.115. The lowest BCUT2D eigenvalue weighted by molar-refractivity contribution is -0.114. The van der Waals surface area contributed by atoms with Crippen LogP contribution in [0.2, 0.25) is 0 Å². The summed E-state index contributed by atoms with van der Waals surface area (Å²) in [4.78, 5) is 28.5. The number of aromatic nitrogens is 1. The number of anilines is 1. The number of carbonyl (C=O) groups is 2. The van der Waals surface area contributed by atoms with Crippen LogP contribution < -0.4 is 5.73 Å². The van der Waals surface area contributed by atoms with E-state index in [1.54, 1.807) is 47.9 Å². The largest absolute Gasteiger partial charge is 0.478 e. The van der Waals surface area contributed by atoms with Gasteiger partial charge in [0.15, 0.2) is 5.78 Å². The first-order chi connectivity index (χ1) is 15.4. The molecule has 0 bridgehead atoms. The van der Waals surface area contributed by atoms with Crippen LogP contribution >= 0.6 is 11.3 Å². The predicted octanol–water partition coefficient (Wildman–Crippen LogP) is 5.77. The molecule has 32 heavy (non-hydrogen) atoms. The molecule has 0 fully saturated rings. The summed E-state index contributed by atoms with van der Waals surface area (Å²) in [6.07, 6.45) is 6.11. The number of carbonyl (C=O) groups excluding carboxylic acids is 1. The van der Waals surface area contributed by atoms with E-state index in [-0.39, 0.29) is 11.3 Å². The maximum atomic E-state index is 12.3. The number of hydrogen-bond acceptors (Lipinski definition) is 5. The summed E-state index contributed by atoms with van der Waals surface area (Å²) in [5.74, 6) is -0.413. The molecule has 4 aromatic rings. The Bertz CT molecular complexity index is 1320. The molecule has 0 saturated heterocycles. The molecule has 2 aromatic carbocycles. The van der Waals surface area contributed by atoms with Crippen LogP contribution in [0.15, 0.2) is 66.9 Å². The Morgan fingerprint density at radius 3 is 2.53 bits per heavy atom. The van der Waals surface area contributed by atoms with E-state index < -0.39 is 5.97 Å². The van der Waals surface area contributed by atoms with Gasteiger partial charge in [0.1, 0.15) is 5.82 Å². The molecule has 6 heteroatoms. The lowest BCUT2D eigenvalue weighted by atomic mass is 10.00. The molecule has 0 unspecified atom stereocenters. The summed E-state index contributed by atoms with van der Waals surface area (Å²) < 4.78 is 1.21. The van der Waals surface area contributed by atoms with Crippen LogP contribution in [-0.2, 0) is 11.2 Å². The number of nitrogens with zero attached hydrogens (tertiary/aromatic N) is 1. The molecular weight excluding hydrogens is 420 g/mol. The van der Waals surface area contributed by atoms with E-state index in [0.29, 0.717) is 18.7 Å². The van der Waals surface area contributed by atoms with Gasteiger partial charge >= 0.3 is 5.97 Å². The van der Waals surface area contributed by atoms with Gasteiger partial charge < -0.3 is 10.8 Å². The van der Waals surface area contributed by atoms with E-state index in [0.717, 1.165) is 32.5 Å². The van der Waals surface area contributed by atoms with Crippen molar-refractivity contribution in [3.63, 3.8) is 0 Å². The molecule has 2 aromatic heterocycles. The monoisotopic (exact) mass is 442 g/mol. The SMILES string of the molecule is Cc1cc(-c2ccc(C(=O)O)cc2)cc2cc(CCC(=O)/C=C/c3ccc(N)nc3)sc12. The van der Waals surface area contributed by atoms with Crippen LogP contribution in [0.25, 0.3) is 27.3 Å². The van der Waals surface area contributed by atoms with Crippen molar-refractivity contribution in [2.75, 3.05) is 5.73 Å². The Labute approximate surface area is 189 Å². The van der Waals surface area contributed by atoms with Gasteiger partial charge in [0.25, 0.3) is 0 Å². The van der Waals surface area contributed by atoms with Crippen LogP contribution in [0.1, 0.15) is 32.8 Å². The summed E-state index contributed by atoms with van der Waals surface area (Å²) in [6.45, 7) is 2.08. The second kappa shape index (κ2) is 9.16. The van der Waals surface area contributed by atoms with Gasteiger partial charge in [-0.15, -0.1) is 11.3 Å². The Balaban J connectivity index is 1.47. The number of aryl methyl sites for hydroxylation is 2. The third kappa shape index (κ3) is 4.92. The van der Waals surface area contributed by atoms with Crippen molar-refractivity contribution < 1.29 is 14.7 Å². The standard InChI is InChI=1S/C26H22N2O3S/c1-16-12-20(18-4-6-19(7-5-18)26(30)31)13-21-14-23(32-25(16)21)10-9-22(29)8-2-17-3-11-24(27)28-15-17/h2-8,11-15H,9-10H2,1H3,(H2,27,28)(H,30,31)/b8-2+. The van der Waals surface area contributed by atoms with Gasteiger partial charge in [0.05, 0.1) is 5.56 Å². The van der Waals surface area contributed by atoms with E-state index in [1.165, 1.54) is 4.70 Å². The van der Waals surface area contributed by atoms with Crippen LogP contribution in [0.3, 0.4) is 0 Å². The van der Waals surface area contributed by atoms with Gasteiger partial charge in [-0.3, -0.25) is 4.79 Å².